The lowest BCUT2D eigenvalue weighted by Crippen LogP contribution is -2.02. The average molecular weight is 321 g/mol. The number of hydrogen-bond donors (Lipinski definition) is 1. The second-order valence-corrected chi connectivity index (χ2v) is 5.77. The second kappa shape index (κ2) is 5.45. The zero-order valence-electron chi connectivity index (χ0n) is 13.2. The van der Waals surface area contributed by atoms with Gasteiger partial charge in [0.15, 0.2) is 0 Å². The van der Waals surface area contributed by atoms with E-state index in [1.807, 2.05) is 22.9 Å². The molecule has 0 bridgehead atoms. The highest BCUT2D eigenvalue weighted by Gasteiger charge is 2.15. The van der Waals surface area contributed by atoms with Gasteiger partial charge in [-0.05, 0) is 44.2 Å². The highest BCUT2D eigenvalue weighted by molar-refractivity contribution is 5.80. The number of phenols is 1. The van der Waals surface area contributed by atoms with Crippen molar-refractivity contribution in [1.29, 1.82) is 0 Å². The summed E-state index contributed by atoms with van der Waals surface area (Å²) in [5.74, 6) is 0.823. The first-order valence-corrected chi connectivity index (χ1v) is 7.61. The molecule has 7 heteroatoms. The largest absolute Gasteiger partial charge is 0.507 e. The van der Waals surface area contributed by atoms with E-state index in [2.05, 4.69) is 34.3 Å². The number of hydrogen-bond acceptors (Lipinski definition) is 6. The fraction of sp³-hybridized carbons (Fsp3) is 0.176. The zero-order chi connectivity index (χ0) is 16.7. The van der Waals surface area contributed by atoms with Gasteiger partial charge in [-0.1, -0.05) is 22.5 Å². The topological polar surface area (TPSA) is 89.9 Å². The lowest BCUT2D eigenvalue weighted by atomic mass is 10.2. The molecule has 0 aliphatic carbocycles. The van der Waals surface area contributed by atoms with Gasteiger partial charge in [-0.25, -0.2) is 4.68 Å². The Morgan fingerprint density at radius 2 is 1.96 bits per heavy atom. The molecule has 0 saturated carbocycles. The van der Waals surface area contributed by atoms with Crippen molar-refractivity contribution in [1.82, 2.24) is 25.1 Å². The van der Waals surface area contributed by atoms with Gasteiger partial charge < -0.3 is 9.63 Å². The fourth-order valence-electron chi connectivity index (χ4n) is 2.57. The van der Waals surface area contributed by atoms with Gasteiger partial charge in [-0.2, -0.15) is 4.98 Å². The van der Waals surface area contributed by atoms with Gasteiger partial charge in [0.05, 0.1) is 11.1 Å². The van der Waals surface area contributed by atoms with Crippen LogP contribution in [0.1, 0.15) is 19.9 Å². The van der Waals surface area contributed by atoms with Gasteiger partial charge in [0.25, 0.3) is 5.89 Å². The fourth-order valence-corrected chi connectivity index (χ4v) is 2.57. The number of fused-ring (bicyclic) bond motifs is 1. The Balaban J connectivity index is 1.75. The molecule has 2 heterocycles. The van der Waals surface area contributed by atoms with Crippen LogP contribution in [0.15, 0.2) is 47.0 Å². The van der Waals surface area contributed by atoms with Gasteiger partial charge in [0.1, 0.15) is 11.3 Å². The maximum Gasteiger partial charge on any atom is 0.258 e. The molecule has 24 heavy (non-hydrogen) atoms. The van der Waals surface area contributed by atoms with Crippen LogP contribution in [0.4, 0.5) is 0 Å². The van der Waals surface area contributed by atoms with E-state index in [4.69, 9.17) is 4.52 Å². The van der Waals surface area contributed by atoms with Crippen molar-refractivity contribution in [2.24, 2.45) is 0 Å². The third-order valence-electron chi connectivity index (χ3n) is 3.78. The third kappa shape index (κ3) is 2.30. The molecule has 120 valence electrons. The second-order valence-electron chi connectivity index (χ2n) is 5.77. The summed E-state index contributed by atoms with van der Waals surface area (Å²) in [5, 5.41) is 22.2. The minimum atomic E-state index is 0.111. The Kier molecular flexibility index (Phi) is 3.26. The van der Waals surface area contributed by atoms with E-state index in [0.717, 1.165) is 16.6 Å². The quantitative estimate of drug-likeness (QED) is 0.621. The van der Waals surface area contributed by atoms with E-state index < -0.39 is 0 Å². The van der Waals surface area contributed by atoms with Gasteiger partial charge in [-0.15, -0.1) is 5.10 Å². The van der Waals surface area contributed by atoms with Crippen molar-refractivity contribution >= 4 is 11.0 Å². The minimum absolute atomic E-state index is 0.111. The molecule has 0 aliphatic rings. The van der Waals surface area contributed by atoms with Crippen LogP contribution in [-0.2, 0) is 0 Å². The number of nitrogens with zero attached hydrogens (tertiary/aromatic N) is 5. The van der Waals surface area contributed by atoms with Crippen molar-refractivity contribution < 1.29 is 9.63 Å². The van der Waals surface area contributed by atoms with Crippen molar-refractivity contribution in [3.8, 4) is 28.6 Å². The Morgan fingerprint density at radius 3 is 2.75 bits per heavy atom. The molecule has 0 aliphatic heterocycles. The molecule has 0 saturated heterocycles. The predicted octanol–water partition coefficient (Wildman–Crippen LogP) is 3.43. The van der Waals surface area contributed by atoms with Crippen LogP contribution in [0.5, 0.6) is 5.75 Å². The lowest BCUT2D eigenvalue weighted by Gasteiger charge is -2.04. The third-order valence-corrected chi connectivity index (χ3v) is 3.78. The number of benzene rings is 2. The van der Waals surface area contributed by atoms with Gasteiger partial charge in [0.2, 0.25) is 5.82 Å². The van der Waals surface area contributed by atoms with Crippen molar-refractivity contribution in [2.45, 2.75) is 19.9 Å². The lowest BCUT2D eigenvalue weighted by molar-refractivity contribution is 0.431. The molecule has 0 radical (unpaired) electrons. The SMILES string of the molecule is CC(C)n1nnc2cc(-c3nc(-c4ccccc4O)no3)ccc21. The number of aromatic nitrogens is 5. The van der Waals surface area contributed by atoms with E-state index in [-0.39, 0.29) is 11.8 Å². The summed E-state index contributed by atoms with van der Waals surface area (Å²) in [6.45, 7) is 4.11. The Bertz CT molecular complexity index is 1020. The highest BCUT2D eigenvalue weighted by atomic mass is 16.5. The smallest absolute Gasteiger partial charge is 0.258 e. The molecule has 2 aromatic carbocycles. The summed E-state index contributed by atoms with van der Waals surface area (Å²) in [6.07, 6.45) is 0. The Hall–Kier alpha value is -3.22. The number of rotatable bonds is 3. The normalized spacial score (nSPS) is 11.5. The number of aromatic hydroxyl groups is 1. The van der Waals surface area contributed by atoms with Gasteiger partial charge in [-0.3, -0.25) is 0 Å². The molecular weight excluding hydrogens is 306 g/mol. The molecule has 7 nitrogen and oxygen atoms in total. The van der Waals surface area contributed by atoms with Gasteiger partial charge >= 0.3 is 0 Å². The van der Waals surface area contributed by atoms with E-state index >= 15 is 0 Å². The van der Waals surface area contributed by atoms with Crippen molar-refractivity contribution in [3.05, 3.63) is 42.5 Å². The monoisotopic (exact) mass is 321 g/mol. The molecule has 2 aromatic heterocycles. The summed E-state index contributed by atoms with van der Waals surface area (Å²) in [5.41, 5.74) is 3.00. The molecule has 1 N–H and O–H groups in total. The summed E-state index contributed by atoms with van der Waals surface area (Å²) in [6, 6.07) is 12.8. The first-order valence-electron chi connectivity index (χ1n) is 7.61. The van der Waals surface area contributed by atoms with E-state index in [1.54, 1.807) is 24.3 Å². The molecule has 0 fully saturated rings. The predicted molar refractivity (Wildman–Crippen MR) is 88.3 cm³/mol. The van der Waals surface area contributed by atoms with Crippen LogP contribution < -0.4 is 0 Å². The van der Waals surface area contributed by atoms with Crippen LogP contribution in [0.2, 0.25) is 0 Å². The summed E-state index contributed by atoms with van der Waals surface area (Å²) >= 11 is 0. The molecule has 0 spiro atoms. The summed E-state index contributed by atoms with van der Waals surface area (Å²) in [4.78, 5) is 4.37. The molecule has 0 atom stereocenters. The van der Waals surface area contributed by atoms with Crippen LogP contribution in [0.3, 0.4) is 0 Å². The molecular formula is C17H15N5O2. The van der Waals surface area contributed by atoms with Crippen LogP contribution in [0, 0.1) is 0 Å². The summed E-state index contributed by atoms with van der Waals surface area (Å²) < 4.78 is 7.20. The maximum atomic E-state index is 9.90. The van der Waals surface area contributed by atoms with Crippen LogP contribution in [0.25, 0.3) is 33.9 Å². The molecule has 0 amide bonds. The van der Waals surface area contributed by atoms with E-state index in [9.17, 15) is 5.11 Å². The molecule has 4 aromatic rings. The van der Waals surface area contributed by atoms with Gasteiger partial charge in [0, 0.05) is 11.6 Å². The Morgan fingerprint density at radius 1 is 1.12 bits per heavy atom. The van der Waals surface area contributed by atoms with Crippen molar-refractivity contribution in [3.63, 3.8) is 0 Å². The molecule has 4 rings (SSSR count). The number of phenolic OH excluding ortho intramolecular Hbond substituents is 1. The van der Waals surface area contributed by atoms with E-state index in [1.165, 1.54) is 0 Å². The zero-order valence-corrected chi connectivity index (χ0v) is 13.2. The van der Waals surface area contributed by atoms with Crippen LogP contribution >= 0.6 is 0 Å². The average Bonchev–Trinajstić information content (AvgIpc) is 3.21. The Labute approximate surface area is 137 Å². The number of para-hydroxylation sites is 1. The standard InChI is InChI=1S/C17H15N5O2/c1-10(2)22-14-8-7-11(9-13(14)19-21-22)17-18-16(20-24-17)12-5-3-4-6-15(12)23/h3-10,23H,1-2H3. The molecule has 0 unspecified atom stereocenters. The maximum absolute atomic E-state index is 9.90. The summed E-state index contributed by atoms with van der Waals surface area (Å²) in [7, 11) is 0. The first kappa shape index (κ1) is 14.4. The van der Waals surface area contributed by atoms with Crippen molar-refractivity contribution in [2.75, 3.05) is 0 Å². The first-order chi connectivity index (χ1) is 11.6. The van der Waals surface area contributed by atoms with Crippen LogP contribution in [-0.4, -0.2) is 30.2 Å². The minimum Gasteiger partial charge on any atom is -0.507 e. The van der Waals surface area contributed by atoms with E-state index in [0.29, 0.717) is 17.3 Å². The highest BCUT2D eigenvalue weighted by Crippen LogP contribution is 2.29.